The van der Waals surface area contributed by atoms with E-state index < -0.39 is 23.9 Å². The molecule has 19 heavy (non-hydrogen) atoms. The summed E-state index contributed by atoms with van der Waals surface area (Å²) in [5.41, 5.74) is 0.606. The molecule has 0 aliphatic heterocycles. The van der Waals surface area contributed by atoms with Crippen LogP contribution in [0.5, 0.6) is 0 Å². The number of carbonyl (C=O) groups excluding carboxylic acids is 1. The molecule has 0 aliphatic rings. The van der Waals surface area contributed by atoms with Gasteiger partial charge in [0, 0.05) is 13.5 Å². The molecule has 2 amide bonds. The first-order chi connectivity index (χ1) is 8.93. The second-order valence-corrected chi connectivity index (χ2v) is 3.85. The van der Waals surface area contributed by atoms with Crippen molar-refractivity contribution in [1.29, 1.82) is 0 Å². The second kappa shape index (κ2) is 6.69. The number of hydroxylamine groups is 2. The Labute approximate surface area is 109 Å². The van der Waals surface area contributed by atoms with Crippen LogP contribution in [0.15, 0.2) is 24.3 Å². The van der Waals surface area contributed by atoms with E-state index in [1.54, 1.807) is 0 Å². The molecular formula is C12H15FN2O4. The van der Waals surface area contributed by atoms with Crippen LogP contribution in [-0.2, 0) is 16.1 Å². The zero-order valence-electron chi connectivity index (χ0n) is 10.6. The van der Waals surface area contributed by atoms with Crippen molar-refractivity contribution in [3.05, 3.63) is 35.6 Å². The lowest BCUT2D eigenvalue weighted by Gasteiger charge is -2.19. The van der Waals surface area contributed by atoms with Gasteiger partial charge in [-0.25, -0.2) is 19.0 Å². The Kier molecular flexibility index (Phi) is 5.25. The summed E-state index contributed by atoms with van der Waals surface area (Å²) in [4.78, 5) is 27.2. The first-order valence-electron chi connectivity index (χ1n) is 5.49. The molecule has 6 nitrogen and oxygen atoms in total. The predicted molar refractivity (Wildman–Crippen MR) is 64.8 cm³/mol. The monoisotopic (exact) mass is 270 g/mol. The topological polar surface area (TPSA) is 78.9 Å². The van der Waals surface area contributed by atoms with Crippen LogP contribution in [-0.4, -0.2) is 42.4 Å². The number of carboxylic acid groups (broad SMARTS) is 1. The van der Waals surface area contributed by atoms with Crippen molar-refractivity contribution in [2.75, 3.05) is 14.2 Å². The molecule has 1 rings (SSSR count). The Morgan fingerprint density at radius 3 is 2.47 bits per heavy atom. The zero-order valence-corrected chi connectivity index (χ0v) is 10.6. The molecule has 0 aromatic heterocycles. The molecule has 1 atom stereocenters. The maximum atomic E-state index is 12.7. The van der Waals surface area contributed by atoms with Crippen LogP contribution in [0.25, 0.3) is 0 Å². The highest BCUT2D eigenvalue weighted by molar-refractivity contribution is 5.82. The summed E-state index contributed by atoms with van der Waals surface area (Å²) in [5.74, 6) is -1.58. The van der Waals surface area contributed by atoms with E-state index in [9.17, 15) is 14.0 Å². The number of nitrogens with one attached hydrogen (secondary N) is 1. The Morgan fingerprint density at radius 1 is 1.42 bits per heavy atom. The van der Waals surface area contributed by atoms with Crippen LogP contribution in [0.3, 0.4) is 0 Å². The van der Waals surface area contributed by atoms with Crippen LogP contribution in [0.1, 0.15) is 5.56 Å². The lowest BCUT2D eigenvalue weighted by atomic mass is 10.1. The van der Waals surface area contributed by atoms with E-state index >= 15 is 0 Å². The molecule has 0 saturated heterocycles. The van der Waals surface area contributed by atoms with Crippen LogP contribution < -0.4 is 5.32 Å². The van der Waals surface area contributed by atoms with Crippen molar-refractivity contribution in [3.8, 4) is 0 Å². The number of carbonyl (C=O) groups is 2. The number of benzene rings is 1. The second-order valence-electron chi connectivity index (χ2n) is 3.85. The summed E-state index contributed by atoms with van der Waals surface area (Å²) in [6, 6.07) is 3.62. The summed E-state index contributed by atoms with van der Waals surface area (Å²) in [6.07, 6.45) is 0.0545. The number of carboxylic acids is 1. The molecule has 2 N–H and O–H groups in total. The number of hydrogen-bond donors (Lipinski definition) is 2. The predicted octanol–water partition coefficient (Wildman–Crippen LogP) is 1.02. The number of urea groups is 1. The van der Waals surface area contributed by atoms with Gasteiger partial charge in [0.2, 0.25) is 0 Å². The van der Waals surface area contributed by atoms with Gasteiger partial charge in [0.15, 0.2) is 0 Å². The molecule has 0 radical (unpaired) electrons. The van der Waals surface area contributed by atoms with Gasteiger partial charge in [0.25, 0.3) is 0 Å². The fourth-order valence-electron chi connectivity index (χ4n) is 1.38. The van der Waals surface area contributed by atoms with E-state index in [2.05, 4.69) is 10.2 Å². The SMILES string of the molecule is CON(C)C(=O)N[C@@H](Cc1ccc(F)cc1)C(=O)O. The average Bonchev–Trinajstić information content (AvgIpc) is 2.39. The highest BCUT2D eigenvalue weighted by Crippen LogP contribution is 2.06. The van der Waals surface area contributed by atoms with Gasteiger partial charge in [-0.1, -0.05) is 12.1 Å². The summed E-state index contributed by atoms with van der Waals surface area (Å²) in [7, 11) is 2.64. The summed E-state index contributed by atoms with van der Waals surface area (Å²) in [6.45, 7) is 0. The minimum absolute atomic E-state index is 0.0545. The Bertz CT molecular complexity index is 450. The molecule has 0 fully saturated rings. The van der Waals surface area contributed by atoms with Crippen molar-refractivity contribution in [1.82, 2.24) is 10.4 Å². The van der Waals surface area contributed by atoms with E-state index in [-0.39, 0.29) is 6.42 Å². The van der Waals surface area contributed by atoms with Crippen LogP contribution >= 0.6 is 0 Å². The summed E-state index contributed by atoms with van der Waals surface area (Å²) in [5, 5.41) is 12.2. The fourth-order valence-corrected chi connectivity index (χ4v) is 1.38. The van der Waals surface area contributed by atoms with Crippen LogP contribution in [0.2, 0.25) is 0 Å². The lowest BCUT2D eigenvalue weighted by molar-refractivity contribution is -0.139. The van der Waals surface area contributed by atoms with E-state index in [4.69, 9.17) is 5.11 Å². The number of aliphatic carboxylic acids is 1. The first kappa shape index (κ1) is 14.9. The minimum Gasteiger partial charge on any atom is -0.480 e. The molecule has 0 unspecified atom stereocenters. The highest BCUT2D eigenvalue weighted by Gasteiger charge is 2.22. The Hall–Kier alpha value is -2.15. The van der Waals surface area contributed by atoms with E-state index in [0.29, 0.717) is 5.56 Å². The van der Waals surface area contributed by atoms with E-state index in [1.807, 2.05) is 0 Å². The Morgan fingerprint density at radius 2 is 2.00 bits per heavy atom. The van der Waals surface area contributed by atoms with Crippen LogP contribution in [0.4, 0.5) is 9.18 Å². The van der Waals surface area contributed by atoms with Gasteiger partial charge >= 0.3 is 12.0 Å². The van der Waals surface area contributed by atoms with Gasteiger partial charge in [-0.15, -0.1) is 0 Å². The van der Waals surface area contributed by atoms with Crippen molar-refractivity contribution in [2.24, 2.45) is 0 Å². The van der Waals surface area contributed by atoms with Gasteiger partial charge in [-0.3, -0.25) is 4.84 Å². The molecule has 0 spiro atoms. The first-order valence-corrected chi connectivity index (χ1v) is 5.49. The zero-order chi connectivity index (χ0) is 14.4. The quantitative estimate of drug-likeness (QED) is 0.783. The molecule has 7 heteroatoms. The molecular weight excluding hydrogens is 255 g/mol. The van der Waals surface area contributed by atoms with E-state index in [0.717, 1.165) is 5.06 Å². The molecule has 104 valence electrons. The molecule has 0 saturated carbocycles. The van der Waals surface area contributed by atoms with Gasteiger partial charge in [0.05, 0.1) is 7.11 Å². The minimum atomic E-state index is -1.18. The summed E-state index contributed by atoms with van der Waals surface area (Å²) >= 11 is 0. The maximum Gasteiger partial charge on any atom is 0.341 e. The number of halogens is 1. The third-order valence-electron chi connectivity index (χ3n) is 2.51. The highest BCUT2D eigenvalue weighted by atomic mass is 19.1. The Balaban J connectivity index is 2.71. The van der Waals surface area contributed by atoms with Crippen molar-refractivity contribution in [3.63, 3.8) is 0 Å². The third kappa shape index (κ3) is 4.55. The van der Waals surface area contributed by atoms with E-state index in [1.165, 1.54) is 38.4 Å². The smallest absolute Gasteiger partial charge is 0.341 e. The number of rotatable bonds is 5. The number of hydrogen-bond acceptors (Lipinski definition) is 3. The van der Waals surface area contributed by atoms with Crippen LogP contribution in [0, 0.1) is 5.82 Å². The molecule has 0 bridgehead atoms. The van der Waals surface area contributed by atoms with Gasteiger partial charge in [0.1, 0.15) is 11.9 Å². The average molecular weight is 270 g/mol. The molecule has 1 aromatic carbocycles. The van der Waals surface area contributed by atoms with Crippen molar-refractivity contribution < 1.29 is 23.9 Å². The maximum absolute atomic E-state index is 12.7. The number of nitrogens with zero attached hydrogens (tertiary/aromatic N) is 1. The van der Waals surface area contributed by atoms with Gasteiger partial charge < -0.3 is 10.4 Å². The molecule has 0 aliphatic carbocycles. The largest absolute Gasteiger partial charge is 0.480 e. The molecule has 1 aromatic rings. The van der Waals surface area contributed by atoms with Gasteiger partial charge in [-0.05, 0) is 17.7 Å². The standard InChI is InChI=1S/C12H15FN2O4/c1-15(19-2)12(18)14-10(11(16)17)7-8-3-5-9(13)6-4-8/h3-6,10H,7H2,1-2H3,(H,14,18)(H,16,17)/t10-/m0/s1. The third-order valence-corrected chi connectivity index (χ3v) is 2.51. The fraction of sp³-hybridized carbons (Fsp3) is 0.333. The van der Waals surface area contributed by atoms with Gasteiger partial charge in [-0.2, -0.15) is 0 Å². The molecule has 0 heterocycles. The normalized spacial score (nSPS) is 11.7. The number of amides is 2. The van der Waals surface area contributed by atoms with Crippen molar-refractivity contribution >= 4 is 12.0 Å². The summed E-state index contributed by atoms with van der Waals surface area (Å²) < 4.78 is 12.7. The van der Waals surface area contributed by atoms with Crippen molar-refractivity contribution in [2.45, 2.75) is 12.5 Å². The lowest BCUT2D eigenvalue weighted by Crippen LogP contribution is -2.47.